The number of amides is 1. The number of carbonyl (C=O) groups is 1. The molecule has 25 heavy (non-hydrogen) atoms. The fraction of sp³-hybridized carbons (Fsp3) is 0.105. The van der Waals surface area contributed by atoms with Gasteiger partial charge in [-0.3, -0.25) is 14.6 Å². The van der Waals surface area contributed by atoms with Crippen LogP contribution in [0.25, 0.3) is 0 Å². The molecule has 0 radical (unpaired) electrons. The van der Waals surface area contributed by atoms with Gasteiger partial charge >= 0.3 is 0 Å². The predicted octanol–water partition coefficient (Wildman–Crippen LogP) is 2.74. The van der Waals surface area contributed by atoms with Gasteiger partial charge in [0.2, 0.25) is 0 Å². The number of pyridine rings is 2. The molecule has 0 spiro atoms. The van der Waals surface area contributed by atoms with Crippen molar-refractivity contribution in [2.45, 2.75) is 13.0 Å². The largest absolute Gasteiger partial charge is 0.364 e. The first-order valence-electron chi connectivity index (χ1n) is 7.71. The third-order valence-electron chi connectivity index (χ3n) is 3.76. The van der Waals surface area contributed by atoms with Crippen LogP contribution in [-0.4, -0.2) is 15.9 Å². The molecule has 3 aromatic rings. The summed E-state index contributed by atoms with van der Waals surface area (Å²) in [6.07, 6.45) is 2.99. The molecular formula is C19H16FN3O2. The summed E-state index contributed by atoms with van der Waals surface area (Å²) in [5, 5.41) is 2.80. The number of halogens is 1. The number of aromatic nitrogens is 2. The van der Waals surface area contributed by atoms with Crippen LogP contribution in [0.3, 0.4) is 0 Å². The molecule has 126 valence electrons. The van der Waals surface area contributed by atoms with Crippen molar-refractivity contribution in [3.63, 3.8) is 0 Å². The number of nitrogens with one attached hydrogen (secondary N) is 2. The summed E-state index contributed by atoms with van der Waals surface area (Å²) in [4.78, 5) is 31.7. The Labute approximate surface area is 143 Å². The minimum absolute atomic E-state index is 0.00800. The first-order valence-corrected chi connectivity index (χ1v) is 7.71. The van der Waals surface area contributed by atoms with Crippen molar-refractivity contribution in [3.8, 4) is 0 Å². The molecular weight excluding hydrogens is 321 g/mol. The normalized spacial score (nSPS) is 11.8. The Kier molecular flexibility index (Phi) is 4.70. The summed E-state index contributed by atoms with van der Waals surface area (Å²) in [6, 6.07) is 11.9. The van der Waals surface area contributed by atoms with Crippen LogP contribution in [0.4, 0.5) is 4.39 Å². The molecule has 1 amide bonds. The van der Waals surface area contributed by atoms with E-state index in [1.54, 1.807) is 43.5 Å². The van der Waals surface area contributed by atoms with Crippen LogP contribution < -0.4 is 10.7 Å². The number of nitrogens with zero attached hydrogens (tertiary/aromatic N) is 1. The highest BCUT2D eigenvalue weighted by Crippen LogP contribution is 2.21. The van der Waals surface area contributed by atoms with E-state index in [2.05, 4.69) is 15.3 Å². The van der Waals surface area contributed by atoms with Gasteiger partial charge in [0.15, 0.2) is 5.43 Å². The number of hydrogen-bond acceptors (Lipinski definition) is 3. The van der Waals surface area contributed by atoms with E-state index >= 15 is 0 Å². The standard InChI is InChI=1S/C19H16FN3O2/c1-12-10-17(24)15(11-22-12)19(25)23-18(16-4-2-3-9-21-16)13-5-7-14(20)8-6-13/h2-11,18H,1H3,(H,22,24)(H,23,25)/t18-/m0/s1. The highest BCUT2D eigenvalue weighted by molar-refractivity contribution is 5.94. The van der Waals surface area contributed by atoms with E-state index in [0.717, 1.165) is 0 Å². The number of aryl methyl sites for hydroxylation is 1. The lowest BCUT2D eigenvalue weighted by Gasteiger charge is -2.19. The summed E-state index contributed by atoms with van der Waals surface area (Å²) in [5.41, 5.74) is 1.56. The minimum atomic E-state index is -0.602. The molecule has 0 aliphatic carbocycles. The van der Waals surface area contributed by atoms with Crippen LogP contribution in [0.2, 0.25) is 0 Å². The second kappa shape index (κ2) is 7.09. The quantitative estimate of drug-likeness (QED) is 0.769. The van der Waals surface area contributed by atoms with Crippen molar-refractivity contribution >= 4 is 5.91 Å². The van der Waals surface area contributed by atoms with Gasteiger partial charge in [0.05, 0.1) is 11.7 Å². The molecule has 2 aromatic heterocycles. The van der Waals surface area contributed by atoms with Crippen molar-refractivity contribution in [2.75, 3.05) is 0 Å². The lowest BCUT2D eigenvalue weighted by atomic mass is 10.0. The number of hydrogen-bond donors (Lipinski definition) is 2. The van der Waals surface area contributed by atoms with E-state index in [4.69, 9.17) is 0 Å². The molecule has 1 aromatic carbocycles. The smallest absolute Gasteiger partial charge is 0.257 e. The number of rotatable bonds is 4. The first kappa shape index (κ1) is 16.6. The van der Waals surface area contributed by atoms with Crippen molar-refractivity contribution in [1.29, 1.82) is 0 Å². The fourth-order valence-electron chi connectivity index (χ4n) is 2.49. The maximum Gasteiger partial charge on any atom is 0.257 e. The summed E-state index contributed by atoms with van der Waals surface area (Å²) in [6.45, 7) is 1.73. The first-order chi connectivity index (χ1) is 12.0. The van der Waals surface area contributed by atoms with Crippen molar-refractivity contribution < 1.29 is 9.18 Å². The van der Waals surface area contributed by atoms with E-state index in [1.807, 2.05) is 0 Å². The van der Waals surface area contributed by atoms with Gasteiger partial charge in [-0.1, -0.05) is 18.2 Å². The molecule has 0 saturated heterocycles. The second-order valence-electron chi connectivity index (χ2n) is 5.61. The van der Waals surface area contributed by atoms with E-state index < -0.39 is 11.9 Å². The molecule has 0 unspecified atom stereocenters. The van der Waals surface area contributed by atoms with E-state index in [-0.39, 0.29) is 16.8 Å². The fourth-order valence-corrected chi connectivity index (χ4v) is 2.49. The monoisotopic (exact) mass is 337 g/mol. The molecule has 3 rings (SSSR count). The van der Waals surface area contributed by atoms with Crippen LogP contribution in [0.15, 0.2) is 65.7 Å². The van der Waals surface area contributed by atoms with E-state index in [0.29, 0.717) is 17.0 Å². The predicted molar refractivity (Wildman–Crippen MR) is 91.7 cm³/mol. The highest BCUT2D eigenvalue weighted by atomic mass is 19.1. The molecule has 0 aliphatic rings. The number of benzene rings is 1. The Bertz CT molecular complexity index is 937. The average molecular weight is 337 g/mol. The topological polar surface area (TPSA) is 74.8 Å². The molecule has 6 heteroatoms. The molecule has 2 heterocycles. The zero-order valence-electron chi connectivity index (χ0n) is 13.5. The minimum Gasteiger partial charge on any atom is -0.364 e. The molecule has 2 N–H and O–H groups in total. The van der Waals surface area contributed by atoms with Gasteiger partial charge in [0.1, 0.15) is 11.4 Å². The van der Waals surface area contributed by atoms with Gasteiger partial charge in [0.25, 0.3) is 5.91 Å². The summed E-state index contributed by atoms with van der Waals surface area (Å²) in [5.74, 6) is -0.897. The Morgan fingerprint density at radius 1 is 1.20 bits per heavy atom. The third kappa shape index (κ3) is 3.80. The van der Waals surface area contributed by atoms with Gasteiger partial charge in [-0.05, 0) is 36.8 Å². The van der Waals surface area contributed by atoms with Crippen LogP contribution in [-0.2, 0) is 0 Å². The van der Waals surface area contributed by atoms with E-state index in [1.165, 1.54) is 24.4 Å². The highest BCUT2D eigenvalue weighted by Gasteiger charge is 2.20. The molecule has 0 aliphatic heterocycles. The van der Waals surface area contributed by atoms with Gasteiger partial charge in [0, 0.05) is 24.2 Å². The zero-order chi connectivity index (χ0) is 17.8. The Morgan fingerprint density at radius 2 is 1.96 bits per heavy atom. The number of aromatic amines is 1. The van der Waals surface area contributed by atoms with Crippen molar-refractivity contribution in [2.24, 2.45) is 0 Å². The third-order valence-corrected chi connectivity index (χ3v) is 3.76. The zero-order valence-corrected chi connectivity index (χ0v) is 13.5. The van der Waals surface area contributed by atoms with Crippen LogP contribution in [0.5, 0.6) is 0 Å². The summed E-state index contributed by atoms with van der Waals surface area (Å²) < 4.78 is 13.2. The average Bonchev–Trinajstić information content (AvgIpc) is 2.61. The van der Waals surface area contributed by atoms with Gasteiger partial charge in [-0.15, -0.1) is 0 Å². The molecule has 0 bridgehead atoms. The summed E-state index contributed by atoms with van der Waals surface area (Å²) in [7, 11) is 0. The Hall–Kier alpha value is -3.28. The van der Waals surface area contributed by atoms with Gasteiger partial charge in [-0.25, -0.2) is 4.39 Å². The molecule has 0 fully saturated rings. The molecule has 1 atom stereocenters. The van der Waals surface area contributed by atoms with Crippen LogP contribution in [0, 0.1) is 12.7 Å². The lowest BCUT2D eigenvalue weighted by molar-refractivity contribution is 0.0941. The van der Waals surface area contributed by atoms with Gasteiger partial charge < -0.3 is 10.3 Å². The number of carbonyl (C=O) groups excluding carboxylic acids is 1. The molecule has 5 nitrogen and oxygen atoms in total. The van der Waals surface area contributed by atoms with Crippen LogP contribution in [0.1, 0.15) is 33.4 Å². The summed E-state index contributed by atoms with van der Waals surface area (Å²) >= 11 is 0. The van der Waals surface area contributed by atoms with Gasteiger partial charge in [-0.2, -0.15) is 0 Å². The maximum absolute atomic E-state index is 13.2. The maximum atomic E-state index is 13.2. The van der Waals surface area contributed by atoms with Crippen molar-refractivity contribution in [3.05, 3.63) is 99.5 Å². The lowest BCUT2D eigenvalue weighted by Crippen LogP contribution is -2.33. The second-order valence-corrected chi connectivity index (χ2v) is 5.61. The molecule has 0 saturated carbocycles. The Balaban J connectivity index is 1.96. The SMILES string of the molecule is Cc1cc(=O)c(C(=O)N[C@@H](c2ccc(F)cc2)c2ccccn2)c[nH]1. The van der Waals surface area contributed by atoms with Crippen molar-refractivity contribution in [1.82, 2.24) is 15.3 Å². The van der Waals surface area contributed by atoms with E-state index in [9.17, 15) is 14.0 Å². The number of H-pyrrole nitrogens is 1. The van der Waals surface area contributed by atoms with Crippen LogP contribution >= 0.6 is 0 Å². The Morgan fingerprint density at radius 3 is 2.60 bits per heavy atom.